The van der Waals surface area contributed by atoms with Crippen LogP contribution in [0.25, 0.3) is 6.08 Å². The molecule has 0 saturated heterocycles. The fourth-order valence-corrected chi connectivity index (χ4v) is 1.14. The lowest BCUT2D eigenvalue weighted by atomic mass is 10.2. The quantitative estimate of drug-likeness (QED) is 0.581. The van der Waals surface area contributed by atoms with Crippen LogP contribution in [0.4, 0.5) is 0 Å². The maximum absolute atomic E-state index is 10.2. The maximum Gasteiger partial charge on any atom is 0.328 e. The lowest BCUT2D eigenvalue weighted by Gasteiger charge is -2.03. The van der Waals surface area contributed by atoms with Gasteiger partial charge < -0.3 is 14.9 Å². The molecule has 0 radical (unpaired) electrons. The van der Waals surface area contributed by atoms with Crippen molar-refractivity contribution >= 4 is 12.0 Å². The summed E-state index contributed by atoms with van der Waals surface area (Å²) in [7, 11) is 0. The zero-order valence-electron chi connectivity index (χ0n) is 9.24. The van der Waals surface area contributed by atoms with Crippen molar-refractivity contribution in [3.63, 3.8) is 0 Å². The third-order valence-electron chi connectivity index (χ3n) is 1.88. The first-order chi connectivity index (χ1) is 8.22. The number of ether oxygens (including phenoxy) is 1. The van der Waals surface area contributed by atoms with E-state index in [2.05, 4.69) is 0 Å². The Morgan fingerprint density at radius 3 is 2.53 bits per heavy atom. The van der Waals surface area contributed by atoms with E-state index in [4.69, 9.17) is 14.9 Å². The summed E-state index contributed by atoms with van der Waals surface area (Å²) in [5.74, 6) is -0.278. The van der Waals surface area contributed by atoms with Crippen molar-refractivity contribution < 1.29 is 19.7 Å². The van der Waals surface area contributed by atoms with Crippen LogP contribution in [0.15, 0.2) is 42.5 Å². The number of aliphatic hydroxyl groups is 1. The zero-order chi connectivity index (χ0) is 12.5. The molecule has 0 fully saturated rings. The molecular formula is C13H14O4. The minimum atomic E-state index is -0.970. The molecule has 0 spiro atoms. The summed E-state index contributed by atoms with van der Waals surface area (Å²) in [4.78, 5) is 10.2. The molecule has 90 valence electrons. The molecule has 0 aliphatic heterocycles. The van der Waals surface area contributed by atoms with Crippen LogP contribution in [-0.4, -0.2) is 29.4 Å². The number of allylic oxidation sites excluding steroid dienone is 2. The Balaban J connectivity index is 2.53. The van der Waals surface area contributed by atoms with Crippen LogP contribution in [0.2, 0.25) is 0 Å². The number of hydrogen-bond donors (Lipinski definition) is 2. The molecule has 0 saturated carbocycles. The Kier molecular flexibility index (Phi) is 5.54. The molecule has 1 aromatic rings. The Morgan fingerprint density at radius 1 is 1.24 bits per heavy atom. The Hall–Kier alpha value is -2.07. The summed E-state index contributed by atoms with van der Waals surface area (Å²) in [5, 5.41) is 17.0. The van der Waals surface area contributed by atoms with Gasteiger partial charge in [0.2, 0.25) is 0 Å². The molecule has 0 aliphatic rings. The number of hydrogen-bond acceptors (Lipinski definition) is 3. The maximum atomic E-state index is 10.2. The highest BCUT2D eigenvalue weighted by Crippen LogP contribution is 2.12. The van der Waals surface area contributed by atoms with Crippen molar-refractivity contribution in [1.29, 1.82) is 0 Å². The zero-order valence-corrected chi connectivity index (χ0v) is 9.24. The molecule has 0 amide bonds. The first kappa shape index (κ1) is 13.0. The Morgan fingerprint density at radius 2 is 1.94 bits per heavy atom. The summed E-state index contributed by atoms with van der Waals surface area (Å²) in [6.07, 6.45) is 5.96. The third-order valence-corrected chi connectivity index (χ3v) is 1.88. The number of carbonyl (C=O) groups is 1. The predicted octanol–water partition coefficient (Wildman–Crippen LogP) is 1.71. The smallest absolute Gasteiger partial charge is 0.328 e. The average molecular weight is 234 g/mol. The Labute approximate surface area is 99.5 Å². The first-order valence-corrected chi connectivity index (χ1v) is 5.14. The van der Waals surface area contributed by atoms with E-state index in [0.717, 1.165) is 11.6 Å². The van der Waals surface area contributed by atoms with Crippen LogP contribution >= 0.6 is 0 Å². The van der Waals surface area contributed by atoms with Gasteiger partial charge in [0.05, 0.1) is 6.61 Å². The summed E-state index contributed by atoms with van der Waals surface area (Å²) in [5.41, 5.74) is 0.941. The van der Waals surface area contributed by atoms with E-state index in [1.807, 2.05) is 12.1 Å². The highest BCUT2D eigenvalue weighted by molar-refractivity contribution is 5.80. The van der Waals surface area contributed by atoms with Gasteiger partial charge in [0.15, 0.2) is 0 Å². The SMILES string of the molecule is O=C(O)C=CC=Cc1ccc(OCCO)cc1. The molecule has 0 aliphatic carbocycles. The molecule has 0 atom stereocenters. The molecule has 2 N–H and O–H groups in total. The fraction of sp³-hybridized carbons (Fsp3) is 0.154. The van der Waals surface area contributed by atoms with Crippen molar-refractivity contribution in [2.24, 2.45) is 0 Å². The van der Waals surface area contributed by atoms with Gasteiger partial charge in [-0.2, -0.15) is 0 Å². The number of aliphatic hydroxyl groups excluding tert-OH is 1. The number of aliphatic carboxylic acids is 1. The summed E-state index contributed by atoms with van der Waals surface area (Å²) < 4.78 is 5.20. The van der Waals surface area contributed by atoms with Crippen LogP contribution in [0, 0.1) is 0 Å². The Bertz CT molecular complexity index is 404. The average Bonchev–Trinajstić information content (AvgIpc) is 2.33. The lowest BCUT2D eigenvalue weighted by Crippen LogP contribution is -2.01. The largest absolute Gasteiger partial charge is 0.491 e. The number of rotatable bonds is 6. The van der Waals surface area contributed by atoms with Crippen molar-refractivity contribution in [3.8, 4) is 5.75 Å². The van der Waals surface area contributed by atoms with Gasteiger partial charge in [0, 0.05) is 6.08 Å². The lowest BCUT2D eigenvalue weighted by molar-refractivity contribution is -0.131. The summed E-state index contributed by atoms with van der Waals surface area (Å²) in [6.45, 7) is 0.262. The molecule has 17 heavy (non-hydrogen) atoms. The third kappa shape index (κ3) is 5.53. The molecule has 0 unspecified atom stereocenters. The van der Waals surface area contributed by atoms with Crippen molar-refractivity contribution in [2.45, 2.75) is 0 Å². The number of benzene rings is 1. The molecule has 1 aromatic carbocycles. The van der Waals surface area contributed by atoms with Crippen LogP contribution in [0.1, 0.15) is 5.56 Å². The highest BCUT2D eigenvalue weighted by atomic mass is 16.5. The van der Waals surface area contributed by atoms with Crippen molar-refractivity contribution in [3.05, 3.63) is 48.1 Å². The molecule has 0 heterocycles. The summed E-state index contributed by atoms with van der Waals surface area (Å²) >= 11 is 0. The van der Waals surface area contributed by atoms with Crippen LogP contribution < -0.4 is 4.74 Å². The molecule has 0 bridgehead atoms. The first-order valence-electron chi connectivity index (χ1n) is 5.14. The molecule has 1 rings (SSSR count). The van der Waals surface area contributed by atoms with Gasteiger partial charge in [-0.3, -0.25) is 0 Å². The van der Waals surface area contributed by atoms with Crippen LogP contribution in [-0.2, 0) is 4.79 Å². The van der Waals surface area contributed by atoms with E-state index in [1.165, 1.54) is 6.08 Å². The van der Waals surface area contributed by atoms with E-state index >= 15 is 0 Å². The fourth-order valence-electron chi connectivity index (χ4n) is 1.14. The molecule has 4 nitrogen and oxygen atoms in total. The van der Waals surface area contributed by atoms with E-state index < -0.39 is 5.97 Å². The number of carboxylic acid groups (broad SMARTS) is 1. The van der Waals surface area contributed by atoms with Crippen molar-refractivity contribution in [2.75, 3.05) is 13.2 Å². The molecule has 4 heteroatoms. The van der Waals surface area contributed by atoms with Gasteiger partial charge in [0.25, 0.3) is 0 Å². The topological polar surface area (TPSA) is 66.8 Å². The van der Waals surface area contributed by atoms with Gasteiger partial charge in [-0.1, -0.05) is 30.4 Å². The minimum Gasteiger partial charge on any atom is -0.491 e. The van der Waals surface area contributed by atoms with Gasteiger partial charge in [-0.15, -0.1) is 0 Å². The van der Waals surface area contributed by atoms with Crippen LogP contribution in [0.3, 0.4) is 0 Å². The summed E-state index contributed by atoms with van der Waals surface area (Å²) in [6, 6.07) is 7.27. The van der Waals surface area contributed by atoms with Crippen LogP contribution in [0.5, 0.6) is 5.75 Å². The van der Waals surface area contributed by atoms with E-state index in [9.17, 15) is 4.79 Å². The standard InChI is InChI=1S/C13H14O4/c14-9-10-17-12-7-5-11(6-8-12)3-1-2-4-13(15)16/h1-8,14H,9-10H2,(H,15,16). The minimum absolute atomic E-state index is 0.0123. The highest BCUT2D eigenvalue weighted by Gasteiger charge is 1.92. The van der Waals surface area contributed by atoms with Gasteiger partial charge >= 0.3 is 5.97 Å². The van der Waals surface area contributed by atoms with Gasteiger partial charge in [-0.05, 0) is 17.7 Å². The van der Waals surface area contributed by atoms with Gasteiger partial charge in [-0.25, -0.2) is 4.79 Å². The second kappa shape index (κ2) is 7.24. The predicted molar refractivity (Wildman–Crippen MR) is 64.8 cm³/mol. The van der Waals surface area contributed by atoms with Crippen molar-refractivity contribution in [1.82, 2.24) is 0 Å². The van der Waals surface area contributed by atoms with Gasteiger partial charge in [0.1, 0.15) is 12.4 Å². The van der Waals surface area contributed by atoms with E-state index in [0.29, 0.717) is 5.75 Å². The second-order valence-electron chi connectivity index (χ2n) is 3.20. The number of carboxylic acids is 1. The van der Waals surface area contributed by atoms with E-state index in [1.54, 1.807) is 24.3 Å². The van der Waals surface area contributed by atoms with E-state index in [-0.39, 0.29) is 13.2 Å². The molecule has 0 aromatic heterocycles. The monoisotopic (exact) mass is 234 g/mol. The molecular weight excluding hydrogens is 220 g/mol. The normalized spacial score (nSPS) is 11.1. The second-order valence-corrected chi connectivity index (χ2v) is 3.20.